The molecule has 0 fully saturated rings. The Balaban J connectivity index is 1.75. The number of aromatic hydroxyl groups is 1. The van der Waals surface area contributed by atoms with Gasteiger partial charge in [0.15, 0.2) is 0 Å². The van der Waals surface area contributed by atoms with Gasteiger partial charge >= 0.3 is 6.09 Å². The number of ether oxygens (including phenoxy) is 2. The Kier molecular flexibility index (Phi) is 13.7. The third-order valence-electron chi connectivity index (χ3n) is 7.74. The highest BCUT2D eigenvalue weighted by molar-refractivity contribution is 7.92. The number of unbranched alkanes of at least 4 members (excludes halogenated alkanes) is 1. The Hall–Kier alpha value is -4.25. The average molecular weight is 654 g/mol. The van der Waals surface area contributed by atoms with Crippen LogP contribution in [0.2, 0.25) is 0 Å². The second-order valence-corrected chi connectivity index (χ2v) is 13.4. The van der Waals surface area contributed by atoms with Crippen molar-refractivity contribution in [2.24, 2.45) is 11.8 Å². The van der Waals surface area contributed by atoms with E-state index in [0.29, 0.717) is 29.7 Å². The molecule has 0 heterocycles. The molecule has 3 N–H and O–H groups in total. The van der Waals surface area contributed by atoms with Gasteiger partial charge in [0, 0.05) is 13.0 Å². The molecule has 0 bridgehead atoms. The third kappa shape index (κ3) is 10.7. The minimum Gasteiger partial charge on any atom is -0.505 e. The molecule has 0 saturated carbocycles. The number of anilines is 1. The lowest BCUT2D eigenvalue weighted by Crippen LogP contribution is -2.48. The van der Waals surface area contributed by atoms with Crippen LogP contribution in [0.5, 0.6) is 11.5 Å². The van der Waals surface area contributed by atoms with Gasteiger partial charge in [-0.15, -0.1) is 0 Å². The highest BCUT2D eigenvalue weighted by Gasteiger charge is 2.24. The first-order valence-electron chi connectivity index (χ1n) is 15.8. The van der Waals surface area contributed by atoms with E-state index in [0.717, 1.165) is 24.8 Å². The van der Waals surface area contributed by atoms with E-state index in [1.807, 2.05) is 58.0 Å². The minimum atomic E-state index is -4.03. The zero-order valence-corrected chi connectivity index (χ0v) is 28.2. The smallest absolute Gasteiger partial charge is 0.426 e. The Morgan fingerprint density at radius 2 is 1.70 bits per heavy atom. The topological polar surface area (TPSA) is 134 Å². The van der Waals surface area contributed by atoms with Gasteiger partial charge in [0.05, 0.1) is 17.7 Å². The van der Waals surface area contributed by atoms with Crippen molar-refractivity contribution in [3.8, 4) is 11.5 Å². The molecule has 0 unspecified atom stereocenters. The Morgan fingerprint density at radius 1 is 0.957 bits per heavy atom. The zero-order chi connectivity index (χ0) is 33.7. The van der Waals surface area contributed by atoms with Crippen LogP contribution in [0.1, 0.15) is 70.1 Å². The van der Waals surface area contributed by atoms with Gasteiger partial charge in [-0.3, -0.25) is 14.5 Å². The molecule has 0 spiro atoms. The average Bonchev–Trinajstić information content (AvgIpc) is 3.04. The number of methoxy groups -OCH3 is 1. The van der Waals surface area contributed by atoms with Crippen molar-refractivity contribution in [2.75, 3.05) is 18.4 Å². The Bertz CT molecular complexity index is 1550. The van der Waals surface area contributed by atoms with Crippen molar-refractivity contribution in [1.29, 1.82) is 0 Å². The molecule has 0 aliphatic carbocycles. The minimum absolute atomic E-state index is 0.0503. The van der Waals surface area contributed by atoms with Crippen molar-refractivity contribution < 1.29 is 32.6 Å². The molecule has 0 aliphatic heterocycles. The lowest BCUT2D eigenvalue weighted by Gasteiger charge is -2.27. The molecule has 0 saturated heterocycles. The Labute approximate surface area is 273 Å². The number of rotatable bonds is 16. The number of carbonyl (C=O) groups excluding carboxylic acids is 2. The van der Waals surface area contributed by atoms with Gasteiger partial charge in [-0.05, 0) is 72.1 Å². The van der Waals surface area contributed by atoms with Gasteiger partial charge in [0.25, 0.3) is 10.0 Å². The highest BCUT2D eigenvalue weighted by Crippen LogP contribution is 2.33. The van der Waals surface area contributed by atoms with Crippen molar-refractivity contribution in [1.82, 2.24) is 10.4 Å². The zero-order valence-electron chi connectivity index (χ0n) is 27.4. The van der Waals surface area contributed by atoms with E-state index < -0.39 is 16.1 Å². The maximum atomic E-state index is 13.5. The second kappa shape index (κ2) is 17.4. The second-order valence-electron chi connectivity index (χ2n) is 11.7. The number of amides is 2. The van der Waals surface area contributed by atoms with Crippen LogP contribution in [-0.4, -0.2) is 44.2 Å². The number of hydrazine groups is 1. The van der Waals surface area contributed by atoms with E-state index in [1.165, 1.54) is 24.3 Å². The SMILES string of the molecule is CCCCc1cc(OC)ccc1S(=O)(=O)Nc1cccc(C[C@@H](C)CN(NC(=O)OCc2ccccc2)C(=O)C[C@@H](C)CC)c1O. The van der Waals surface area contributed by atoms with Crippen LogP contribution in [0.3, 0.4) is 0 Å². The number of hydrogen-bond acceptors (Lipinski definition) is 7. The van der Waals surface area contributed by atoms with E-state index in [9.17, 15) is 23.1 Å². The standard InChI is InChI=1S/C35H47N3O7S/c1-6-8-15-28-22-30(44-5)18-19-32(28)46(42,43)37-31-17-12-16-29(34(31)40)20-26(4)23-38(33(39)21-25(3)7-2)36-35(41)45-24-27-13-10-9-11-14-27/h9-14,16-19,22,25-26,37,40H,6-8,15,20-21,23-24H2,1-5H3,(H,36,41)/t25-,26+/m0/s1. The molecule has 0 radical (unpaired) electrons. The maximum Gasteiger partial charge on any atom is 0.426 e. The summed E-state index contributed by atoms with van der Waals surface area (Å²) in [5.74, 6) is 0.0143. The molecular formula is C35H47N3O7S. The van der Waals surface area contributed by atoms with Gasteiger partial charge in [-0.1, -0.05) is 83.0 Å². The third-order valence-corrected chi connectivity index (χ3v) is 9.21. The van der Waals surface area contributed by atoms with Crippen LogP contribution in [0.25, 0.3) is 0 Å². The molecule has 0 aromatic heterocycles. The lowest BCUT2D eigenvalue weighted by molar-refractivity contribution is -0.135. The number of carbonyl (C=O) groups is 2. The first-order valence-corrected chi connectivity index (χ1v) is 17.2. The summed E-state index contributed by atoms with van der Waals surface area (Å²) >= 11 is 0. The number of phenolic OH excluding ortho intramolecular Hbond substituents is 1. The number of aryl methyl sites for hydroxylation is 1. The van der Waals surface area contributed by atoms with E-state index >= 15 is 0 Å². The molecule has 46 heavy (non-hydrogen) atoms. The summed E-state index contributed by atoms with van der Waals surface area (Å²) < 4.78 is 40.2. The van der Waals surface area contributed by atoms with Crippen molar-refractivity contribution in [3.63, 3.8) is 0 Å². The fourth-order valence-corrected chi connectivity index (χ4v) is 6.24. The molecule has 3 aromatic rings. The van der Waals surface area contributed by atoms with Crippen LogP contribution in [-0.2, 0) is 39.0 Å². The predicted octanol–water partition coefficient (Wildman–Crippen LogP) is 6.83. The van der Waals surface area contributed by atoms with E-state index in [4.69, 9.17) is 9.47 Å². The number of benzene rings is 3. The van der Waals surface area contributed by atoms with Gasteiger partial charge in [0.1, 0.15) is 18.1 Å². The first-order chi connectivity index (χ1) is 22.0. The fourth-order valence-electron chi connectivity index (χ4n) is 4.93. The summed E-state index contributed by atoms with van der Waals surface area (Å²) in [6.45, 7) is 8.09. The molecule has 3 rings (SSSR count). The predicted molar refractivity (Wildman–Crippen MR) is 179 cm³/mol. The van der Waals surface area contributed by atoms with Crippen LogP contribution in [0.15, 0.2) is 71.6 Å². The largest absolute Gasteiger partial charge is 0.505 e. The summed E-state index contributed by atoms with van der Waals surface area (Å²) in [4.78, 5) is 26.0. The summed E-state index contributed by atoms with van der Waals surface area (Å²) in [7, 11) is -2.50. The quantitative estimate of drug-likeness (QED) is 0.114. The highest BCUT2D eigenvalue weighted by atomic mass is 32.2. The molecule has 10 nitrogen and oxygen atoms in total. The number of sulfonamides is 1. The van der Waals surface area contributed by atoms with Gasteiger partial charge in [0.2, 0.25) is 5.91 Å². The number of nitrogens with one attached hydrogen (secondary N) is 2. The maximum absolute atomic E-state index is 13.5. The molecule has 3 aromatic carbocycles. The van der Waals surface area contributed by atoms with Crippen LogP contribution in [0, 0.1) is 11.8 Å². The van der Waals surface area contributed by atoms with Gasteiger partial charge in [-0.25, -0.2) is 18.6 Å². The summed E-state index contributed by atoms with van der Waals surface area (Å²) in [6.07, 6.45) is 2.88. The van der Waals surface area contributed by atoms with Gasteiger partial charge in [-0.2, -0.15) is 0 Å². The molecule has 11 heteroatoms. The molecular weight excluding hydrogens is 606 g/mol. The number of phenols is 1. The molecule has 250 valence electrons. The van der Waals surface area contributed by atoms with E-state index in [1.54, 1.807) is 24.3 Å². The number of nitrogens with zero attached hydrogens (tertiary/aromatic N) is 1. The van der Waals surface area contributed by atoms with Crippen molar-refractivity contribution >= 4 is 27.7 Å². The lowest BCUT2D eigenvalue weighted by atomic mass is 9.99. The van der Waals surface area contributed by atoms with Crippen LogP contribution in [0.4, 0.5) is 10.5 Å². The fraction of sp³-hybridized carbons (Fsp3) is 0.429. The van der Waals surface area contributed by atoms with E-state index in [2.05, 4.69) is 10.1 Å². The normalized spacial score (nSPS) is 12.5. The first kappa shape index (κ1) is 36.2. The summed E-state index contributed by atoms with van der Waals surface area (Å²) in [5, 5.41) is 12.4. The summed E-state index contributed by atoms with van der Waals surface area (Å²) in [6, 6.07) is 18.9. The summed E-state index contributed by atoms with van der Waals surface area (Å²) in [5.41, 5.74) is 4.59. The number of hydrogen-bond donors (Lipinski definition) is 3. The number of para-hydroxylation sites is 1. The van der Waals surface area contributed by atoms with E-state index in [-0.39, 0.29) is 53.6 Å². The molecule has 2 atom stereocenters. The van der Waals surface area contributed by atoms with Crippen molar-refractivity contribution in [2.45, 2.75) is 77.7 Å². The van der Waals surface area contributed by atoms with Crippen LogP contribution < -0.4 is 14.9 Å². The van der Waals surface area contributed by atoms with Gasteiger partial charge < -0.3 is 14.6 Å². The Morgan fingerprint density at radius 3 is 2.37 bits per heavy atom. The monoisotopic (exact) mass is 653 g/mol. The molecule has 0 aliphatic rings. The molecule has 2 amide bonds. The van der Waals surface area contributed by atoms with Crippen molar-refractivity contribution in [3.05, 3.63) is 83.4 Å². The van der Waals surface area contributed by atoms with Crippen LogP contribution >= 0.6 is 0 Å².